The van der Waals surface area contributed by atoms with Gasteiger partial charge >= 0.3 is 0 Å². The van der Waals surface area contributed by atoms with Crippen LogP contribution in [0.3, 0.4) is 0 Å². The summed E-state index contributed by atoms with van der Waals surface area (Å²) in [6.45, 7) is 6.13. The molecule has 0 saturated heterocycles. The minimum absolute atomic E-state index is 0.289. The van der Waals surface area contributed by atoms with Crippen LogP contribution in [0.4, 0.5) is 0 Å². The Morgan fingerprint density at radius 3 is 2.43 bits per heavy atom. The Hall–Kier alpha value is -1.66. The van der Waals surface area contributed by atoms with Crippen molar-refractivity contribution in [2.24, 2.45) is 0 Å². The summed E-state index contributed by atoms with van der Waals surface area (Å²) < 4.78 is 29.6. The van der Waals surface area contributed by atoms with Crippen LogP contribution in [0.15, 0.2) is 35.2 Å². The summed E-state index contributed by atoms with van der Waals surface area (Å²) in [5.74, 6) is 0. The highest BCUT2D eigenvalue weighted by Crippen LogP contribution is 2.22. The molecule has 0 aliphatic carbocycles. The minimum atomic E-state index is -3.53. The van der Waals surface area contributed by atoms with E-state index in [9.17, 15) is 8.42 Å². The molecule has 2 aromatic rings. The van der Waals surface area contributed by atoms with Crippen LogP contribution in [0.25, 0.3) is 5.69 Å². The number of sulfonamides is 1. The molecular weight excluding hydrogens is 310 g/mol. The zero-order valence-electron chi connectivity index (χ0n) is 14.0. The molecule has 0 saturated carbocycles. The molecule has 0 fully saturated rings. The Morgan fingerprint density at radius 1 is 1.09 bits per heavy atom. The summed E-state index contributed by atoms with van der Waals surface area (Å²) >= 11 is 0. The molecule has 1 aromatic heterocycles. The van der Waals surface area contributed by atoms with E-state index in [1.807, 2.05) is 30.3 Å². The van der Waals surface area contributed by atoms with Gasteiger partial charge in [0.1, 0.15) is 4.90 Å². The molecule has 0 bridgehead atoms. The first-order valence-corrected chi connectivity index (χ1v) is 9.57. The van der Waals surface area contributed by atoms with Crippen LogP contribution >= 0.6 is 0 Å². The first kappa shape index (κ1) is 17.7. The molecule has 5 nitrogen and oxygen atoms in total. The van der Waals surface area contributed by atoms with E-state index in [0.29, 0.717) is 17.9 Å². The summed E-state index contributed by atoms with van der Waals surface area (Å²) in [7, 11) is -3.53. The second kappa shape index (κ2) is 7.75. The van der Waals surface area contributed by atoms with E-state index in [1.165, 1.54) is 0 Å². The smallest absolute Gasteiger partial charge is 0.236 e. The van der Waals surface area contributed by atoms with E-state index in [1.54, 1.807) is 18.5 Å². The Balaban J connectivity index is 2.21. The molecule has 23 heavy (non-hydrogen) atoms. The maximum absolute atomic E-state index is 12.6. The number of hydrogen-bond acceptors (Lipinski definition) is 3. The monoisotopic (exact) mass is 335 g/mol. The molecule has 6 heteroatoms. The predicted molar refractivity (Wildman–Crippen MR) is 92.4 cm³/mol. The zero-order valence-corrected chi connectivity index (χ0v) is 14.9. The molecule has 2 rings (SSSR count). The molecule has 1 N–H and O–H groups in total. The van der Waals surface area contributed by atoms with E-state index >= 15 is 0 Å². The lowest BCUT2D eigenvalue weighted by molar-refractivity contribution is 0.572. The third kappa shape index (κ3) is 4.20. The van der Waals surface area contributed by atoms with Gasteiger partial charge in [-0.05, 0) is 32.4 Å². The van der Waals surface area contributed by atoms with Crippen LogP contribution in [0.2, 0.25) is 0 Å². The molecule has 0 atom stereocenters. The fourth-order valence-corrected chi connectivity index (χ4v) is 4.13. The van der Waals surface area contributed by atoms with E-state index in [0.717, 1.165) is 31.4 Å². The normalized spacial score (nSPS) is 11.8. The van der Waals surface area contributed by atoms with Gasteiger partial charge in [-0.25, -0.2) is 17.8 Å². The van der Waals surface area contributed by atoms with Crippen molar-refractivity contribution in [3.63, 3.8) is 0 Å². The number of rotatable bonds is 8. The maximum Gasteiger partial charge on any atom is 0.244 e. The molecule has 0 amide bonds. The lowest BCUT2D eigenvalue weighted by Crippen LogP contribution is -2.25. The molecule has 1 heterocycles. The molecule has 0 aliphatic rings. The fraction of sp³-hybridized carbons (Fsp3) is 0.471. The minimum Gasteiger partial charge on any atom is -0.236 e. The van der Waals surface area contributed by atoms with Gasteiger partial charge in [0.25, 0.3) is 0 Å². The van der Waals surface area contributed by atoms with Gasteiger partial charge in [-0.1, -0.05) is 44.4 Å². The molecule has 0 spiro atoms. The van der Waals surface area contributed by atoms with Gasteiger partial charge in [0.15, 0.2) is 0 Å². The van der Waals surface area contributed by atoms with Crippen molar-refractivity contribution < 1.29 is 8.42 Å². The first-order valence-electron chi connectivity index (χ1n) is 8.08. The highest BCUT2D eigenvalue weighted by atomic mass is 32.2. The van der Waals surface area contributed by atoms with Crippen molar-refractivity contribution in [1.82, 2.24) is 14.5 Å². The van der Waals surface area contributed by atoms with Gasteiger partial charge in [-0.15, -0.1) is 0 Å². The average molecular weight is 335 g/mol. The maximum atomic E-state index is 12.6. The molecular formula is C17H25N3O2S. The first-order chi connectivity index (χ1) is 11.0. The molecule has 1 aromatic carbocycles. The second-order valence-corrected chi connectivity index (χ2v) is 7.41. The second-order valence-electron chi connectivity index (χ2n) is 5.71. The van der Waals surface area contributed by atoms with Gasteiger partial charge in [-0.2, -0.15) is 5.10 Å². The number of unbranched alkanes of at least 4 members (excludes halogenated alkanes) is 3. The Kier molecular flexibility index (Phi) is 5.96. The molecule has 0 aliphatic heterocycles. The number of aromatic nitrogens is 2. The van der Waals surface area contributed by atoms with Gasteiger partial charge in [0, 0.05) is 6.54 Å². The number of nitrogens with one attached hydrogen (secondary N) is 1. The van der Waals surface area contributed by atoms with Crippen molar-refractivity contribution in [3.8, 4) is 5.69 Å². The summed E-state index contributed by atoms with van der Waals surface area (Å²) in [5, 5.41) is 4.40. The lowest BCUT2D eigenvalue weighted by atomic mass is 10.2. The summed E-state index contributed by atoms with van der Waals surface area (Å²) in [6, 6.07) is 9.56. The number of para-hydroxylation sites is 1. The van der Waals surface area contributed by atoms with E-state index < -0.39 is 10.0 Å². The fourth-order valence-electron chi connectivity index (χ4n) is 2.67. The Morgan fingerprint density at radius 2 is 1.78 bits per heavy atom. The van der Waals surface area contributed by atoms with Crippen molar-refractivity contribution in [1.29, 1.82) is 0 Å². The average Bonchev–Trinajstić information content (AvgIpc) is 2.83. The van der Waals surface area contributed by atoms with Crippen LogP contribution in [-0.2, 0) is 10.0 Å². The number of nitrogens with zero attached hydrogens (tertiary/aromatic N) is 2. The third-order valence-electron chi connectivity index (χ3n) is 3.82. The van der Waals surface area contributed by atoms with Crippen molar-refractivity contribution in [3.05, 3.63) is 41.7 Å². The van der Waals surface area contributed by atoms with Crippen LogP contribution in [0.1, 0.15) is 44.0 Å². The predicted octanol–water partition coefficient (Wildman–Crippen LogP) is 3.35. The zero-order chi connectivity index (χ0) is 16.9. The van der Waals surface area contributed by atoms with Gasteiger partial charge in [0.05, 0.1) is 17.1 Å². The van der Waals surface area contributed by atoms with E-state index in [2.05, 4.69) is 16.7 Å². The number of benzene rings is 1. The third-order valence-corrected chi connectivity index (χ3v) is 5.53. The standard InChI is InChI=1S/C17H25N3O2S/c1-4-5-6-10-13-18-23(21,22)17-14(2)19-20(15(17)3)16-11-8-7-9-12-16/h7-9,11-12,18H,4-6,10,13H2,1-3H3. The largest absolute Gasteiger partial charge is 0.244 e. The van der Waals surface area contributed by atoms with Crippen LogP contribution in [0, 0.1) is 13.8 Å². The van der Waals surface area contributed by atoms with E-state index in [4.69, 9.17) is 0 Å². The topological polar surface area (TPSA) is 64.0 Å². The Bertz CT molecular complexity index is 737. The van der Waals surface area contributed by atoms with Gasteiger partial charge in [0.2, 0.25) is 10.0 Å². The summed E-state index contributed by atoms with van der Waals surface area (Å²) in [6.07, 6.45) is 4.17. The Labute approximate surface area is 138 Å². The summed E-state index contributed by atoms with van der Waals surface area (Å²) in [4.78, 5) is 0.289. The van der Waals surface area contributed by atoms with E-state index in [-0.39, 0.29) is 4.90 Å². The van der Waals surface area contributed by atoms with Gasteiger partial charge in [-0.3, -0.25) is 0 Å². The van der Waals surface area contributed by atoms with Crippen molar-refractivity contribution >= 4 is 10.0 Å². The summed E-state index contributed by atoms with van der Waals surface area (Å²) in [5.41, 5.74) is 2.01. The molecule has 126 valence electrons. The van der Waals surface area contributed by atoms with Gasteiger partial charge < -0.3 is 0 Å². The molecule has 0 radical (unpaired) electrons. The van der Waals surface area contributed by atoms with Crippen molar-refractivity contribution in [2.75, 3.05) is 6.54 Å². The number of hydrogen-bond donors (Lipinski definition) is 1. The van der Waals surface area contributed by atoms with Crippen LogP contribution in [-0.4, -0.2) is 24.7 Å². The lowest BCUT2D eigenvalue weighted by Gasteiger charge is -2.08. The highest BCUT2D eigenvalue weighted by molar-refractivity contribution is 7.89. The van der Waals surface area contributed by atoms with Crippen molar-refractivity contribution in [2.45, 2.75) is 51.3 Å². The highest BCUT2D eigenvalue weighted by Gasteiger charge is 2.24. The SMILES string of the molecule is CCCCCCNS(=O)(=O)c1c(C)nn(-c2ccccc2)c1C. The molecule has 0 unspecified atom stereocenters. The van der Waals surface area contributed by atoms with Crippen LogP contribution in [0.5, 0.6) is 0 Å². The number of aryl methyl sites for hydroxylation is 1. The van der Waals surface area contributed by atoms with Crippen LogP contribution < -0.4 is 4.72 Å². The quantitative estimate of drug-likeness (QED) is 0.753.